The summed E-state index contributed by atoms with van der Waals surface area (Å²) in [5.74, 6) is -0.0746. The monoisotopic (exact) mass is 462 g/mol. The molecule has 0 bridgehead atoms. The van der Waals surface area contributed by atoms with E-state index in [4.69, 9.17) is 15.7 Å². The van der Waals surface area contributed by atoms with E-state index in [1.54, 1.807) is 6.21 Å². The molecule has 3 aromatic carbocycles. The van der Waals surface area contributed by atoms with Gasteiger partial charge in [-0.25, -0.2) is 9.97 Å². The minimum Gasteiger partial charge on any atom is -0.383 e. The van der Waals surface area contributed by atoms with E-state index in [2.05, 4.69) is 22.6 Å². The van der Waals surface area contributed by atoms with E-state index in [1.807, 2.05) is 73.7 Å². The van der Waals surface area contributed by atoms with E-state index in [9.17, 15) is 4.79 Å². The zero-order valence-electron chi connectivity index (χ0n) is 19.5. The number of nitrogen functional groups attached to an aromatic ring is 1. The Morgan fingerprint density at radius 3 is 2.51 bits per heavy atom. The molecule has 0 saturated carbocycles. The van der Waals surface area contributed by atoms with Crippen molar-refractivity contribution >= 4 is 40.1 Å². The zero-order valence-corrected chi connectivity index (χ0v) is 19.5. The van der Waals surface area contributed by atoms with Gasteiger partial charge in [-0.05, 0) is 43.0 Å². The standard InChI is InChI=1S/C28H26N6O/c1-19-9-7-12-21(17-19)18-31-34-26(29)24(25-27(34)33-23-15-6-5-14-22(23)32-25)28(35)30-16-8-13-20-10-3-2-4-11-20/h2-7,9-12,14-15,17-18H,8,13,16,29H2,1H3,(H,30,35)/b31-18-. The summed E-state index contributed by atoms with van der Waals surface area (Å²) in [7, 11) is 0. The van der Waals surface area contributed by atoms with Gasteiger partial charge in [-0.1, -0.05) is 72.3 Å². The minimum absolute atomic E-state index is 0.208. The molecular formula is C28H26N6O. The summed E-state index contributed by atoms with van der Waals surface area (Å²) >= 11 is 0. The molecule has 0 aliphatic carbocycles. The number of para-hydroxylation sites is 2. The molecule has 174 valence electrons. The van der Waals surface area contributed by atoms with Crippen LogP contribution in [-0.4, -0.2) is 33.3 Å². The zero-order chi connectivity index (χ0) is 24.2. The van der Waals surface area contributed by atoms with Crippen LogP contribution in [0.1, 0.15) is 33.5 Å². The molecule has 7 heteroatoms. The first-order chi connectivity index (χ1) is 17.1. The summed E-state index contributed by atoms with van der Waals surface area (Å²) < 4.78 is 1.50. The van der Waals surface area contributed by atoms with Crippen molar-refractivity contribution < 1.29 is 4.79 Å². The largest absolute Gasteiger partial charge is 0.383 e. The van der Waals surface area contributed by atoms with Crippen LogP contribution in [0.2, 0.25) is 0 Å². The van der Waals surface area contributed by atoms with Crippen LogP contribution in [0.5, 0.6) is 0 Å². The van der Waals surface area contributed by atoms with Crippen molar-refractivity contribution in [2.24, 2.45) is 5.10 Å². The number of rotatable bonds is 7. The van der Waals surface area contributed by atoms with E-state index in [1.165, 1.54) is 10.2 Å². The predicted octanol–water partition coefficient (Wildman–Crippen LogP) is 4.72. The highest BCUT2D eigenvalue weighted by atomic mass is 16.1. The summed E-state index contributed by atoms with van der Waals surface area (Å²) in [6.45, 7) is 2.54. The highest BCUT2D eigenvalue weighted by molar-refractivity contribution is 6.10. The van der Waals surface area contributed by atoms with Gasteiger partial charge in [-0.3, -0.25) is 4.79 Å². The number of anilines is 1. The maximum absolute atomic E-state index is 13.2. The number of hydrogen-bond donors (Lipinski definition) is 2. The Hall–Kier alpha value is -4.52. The fourth-order valence-corrected chi connectivity index (χ4v) is 4.09. The van der Waals surface area contributed by atoms with E-state index in [-0.39, 0.29) is 11.7 Å². The van der Waals surface area contributed by atoms with Gasteiger partial charge in [0.2, 0.25) is 0 Å². The van der Waals surface area contributed by atoms with E-state index in [0.29, 0.717) is 34.3 Å². The highest BCUT2D eigenvalue weighted by Crippen LogP contribution is 2.27. The molecule has 7 nitrogen and oxygen atoms in total. The first-order valence-corrected chi connectivity index (χ1v) is 11.6. The first-order valence-electron chi connectivity index (χ1n) is 11.6. The number of nitrogens with two attached hydrogens (primary N) is 1. The van der Waals surface area contributed by atoms with Crippen molar-refractivity contribution in [1.82, 2.24) is 20.0 Å². The smallest absolute Gasteiger partial charge is 0.257 e. The molecule has 0 aliphatic heterocycles. The highest BCUT2D eigenvalue weighted by Gasteiger charge is 2.23. The van der Waals surface area contributed by atoms with Crippen LogP contribution in [0.25, 0.3) is 22.2 Å². The quantitative estimate of drug-likeness (QED) is 0.270. The third-order valence-corrected chi connectivity index (χ3v) is 5.84. The number of aromatic nitrogens is 3. The number of carbonyl (C=O) groups is 1. The van der Waals surface area contributed by atoms with Gasteiger partial charge in [0.1, 0.15) is 16.9 Å². The molecule has 3 N–H and O–H groups in total. The van der Waals surface area contributed by atoms with Crippen molar-refractivity contribution in [2.45, 2.75) is 19.8 Å². The van der Waals surface area contributed by atoms with Crippen LogP contribution in [-0.2, 0) is 6.42 Å². The Kier molecular flexibility index (Phi) is 6.22. The van der Waals surface area contributed by atoms with Gasteiger partial charge in [0, 0.05) is 6.54 Å². The fourth-order valence-electron chi connectivity index (χ4n) is 4.09. The van der Waals surface area contributed by atoms with Gasteiger partial charge in [0.25, 0.3) is 5.91 Å². The number of hydrogen-bond acceptors (Lipinski definition) is 5. The Balaban J connectivity index is 1.48. The minimum atomic E-state index is -0.283. The number of amides is 1. The van der Waals surface area contributed by atoms with Crippen LogP contribution >= 0.6 is 0 Å². The first kappa shape index (κ1) is 22.3. The molecule has 0 unspecified atom stereocenters. The molecule has 5 aromatic rings. The molecule has 0 fully saturated rings. The second kappa shape index (κ2) is 9.77. The Labute approximate surface area is 203 Å². The molecule has 5 rings (SSSR count). The van der Waals surface area contributed by atoms with Crippen LogP contribution in [0.4, 0.5) is 5.82 Å². The number of nitrogens with one attached hydrogen (secondary N) is 1. The Morgan fingerprint density at radius 2 is 1.74 bits per heavy atom. The van der Waals surface area contributed by atoms with Crippen LogP contribution in [0.3, 0.4) is 0 Å². The summed E-state index contributed by atoms with van der Waals surface area (Å²) in [6.07, 6.45) is 3.40. The lowest BCUT2D eigenvalue weighted by atomic mass is 10.1. The van der Waals surface area contributed by atoms with Crippen molar-refractivity contribution in [3.05, 3.63) is 101 Å². The Bertz CT molecular complexity index is 1540. The molecule has 0 radical (unpaired) electrons. The fraction of sp³-hybridized carbons (Fsp3) is 0.143. The SMILES string of the molecule is Cc1cccc(/C=N\n2c(N)c(C(=O)NCCCc3ccccc3)c3nc4ccccc4nc32)c1. The van der Waals surface area contributed by atoms with Crippen molar-refractivity contribution in [3.8, 4) is 0 Å². The molecule has 0 saturated heterocycles. The summed E-state index contributed by atoms with van der Waals surface area (Å²) in [5.41, 5.74) is 12.3. The second-order valence-corrected chi connectivity index (χ2v) is 8.46. The average molecular weight is 463 g/mol. The van der Waals surface area contributed by atoms with Gasteiger partial charge in [0.05, 0.1) is 17.2 Å². The molecule has 0 atom stereocenters. The number of aryl methyl sites for hydroxylation is 2. The molecule has 2 heterocycles. The lowest BCUT2D eigenvalue weighted by Crippen LogP contribution is -2.25. The van der Waals surface area contributed by atoms with Crippen LogP contribution in [0.15, 0.2) is 84.0 Å². The maximum atomic E-state index is 13.2. The topological polar surface area (TPSA) is 98.2 Å². The third kappa shape index (κ3) is 4.75. The van der Waals surface area contributed by atoms with E-state index >= 15 is 0 Å². The number of carbonyl (C=O) groups excluding carboxylic acids is 1. The molecule has 35 heavy (non-hydrogen) atoms. The second-order valence-electron chi connectivity index (χ2n) is 8.46. The van der Waals surface area contributed by atoms with Gasteiger partial charge < -0.3 is 11.1 Å². The lowest BCUT2D eigenvalue weighted by molar-refractivity contribution is 0.0955. The molecular weight excluding hydrogens is 436 g/mol. The van der Waals surface area contributed by atoms with Crippen LogP contribution in [0, 0.1) is 6.92 Å². The van der Waals surface area contributed by atoms with Gasteiger partial charge in [-0.2, -0.15) is 9.78 Å². The maximum Gasteiger partial charge on any atom is 0.257 e. The normalized spacial score (nSPS) is 11.5. The number of fused-ring (bicyclic) bond motifs is 2. The number of nitrogens with zero attached hydrogens (tertiary/aromatic N) is 4. The summed E-state index contributed by atoms with van der Waals surface area (Å²) in [6, 6.07) is 25.7. The van der Waals surface area contributed by atoms with Gasteiger partial charge in [0.15, 0.2) is 5.65 Å². The van der Waals surface area contributed by atoms with Crippen molar-refractivity contribution in [2.75, 3.05) is 12.3 Å². The molecule has 2 aromatic heterocycles. The summed E-state index contributed by atoms with van der Waals surface area (Å²) in [5, 5.41) is 7.57. The molecule has 1 amide bonds. The van der Waals surface area contributed by atoms with E-state index < -0.39 is 0 Å². The third-order valence-electron chi connectivity index (χ3n) is 5.84. The molecule has 0 aliphatic rings. The van der Waals surface area contributed by atoms with Crippen molar-refractivity contribution in [3.63, 3.8) is 0 Å². The lowest BCUT2D eigenvalue weighted by Gasteiger charge is -2.06. The predicted molar refractivity (Wildman–Crippen MR) is 141 cm³/mol. The van der Waals surface area contributed by atoms with E-state index in [0.717, 1.165) is 24.0 Å². The summed E-state index contributed by atoms with van der Waals surface area (Å²) in [4.78, 5) is 22.7. The Morgan fingerprint density at radius 1 is 1.00 bits per heavy atom. The van der Waals surface area contributed by atoms with Gasteiger partial charge >= 0.3 is 0 Å². The molecule has 0 spiro atoms. The average Bonchev–Trinajstić information content (AvgIpc) is 3.14. The van der Waals surface area contributed by atoms with Gasteiger partial charge in [-0.15, -0.1) is 0 Å². The number of benzene rings is 3. The van der Waals surface area contributed by atoms with Crippen LogP contribution < -0.4 is 11.1 Å². The van der Waals surface area contributed by atoms with Crippen molar-refractivity contribution in [1.29, 1.82) is 0 Å².